The van der Waals surface area contributed by atoms with Gasteiger partial charge >= 0.3 is 5.97 Å². The predicted octanol–water partition coefficient (Wildman–Crippen LogP) is 2.14. The van der Waals surface area contributed by atoms with Gasteiger partial charge in [0, 0.05) is 24.5 Å². The summed E-state index contributed by atoms with van der Waals surface area (Å²) in [6, 6.07) is 8.08. The first-order chi connectivity index (χ1) is 17.2. The Labute approximate surface area is 212 Å². The number of anilines is 1. The van der Waals surface area contributed by atoms with Gasteiger partial charge in [-0.05, 0) is 30.4 Å². The number of carboxylic acids is 1. The lowest BCUT2D eigenvalue weighted by Crippen LogP contribution is -2.45. The topological polar surface area (TPSA) is 154 Å². The average Bonchev–Trinajstić information content (AvgIpc) is 3.28. The van der Waals surface area contributed by atoms with Crippen LogP contribution in [0.5, 0.6) is 0 Å². The number of carboxylic acid groups (broad SMARTS) is 1. The number of amides is 1. The van der Waals surface area contributed by atoms with Crippen molar-refractivity contribution in [3.8, 4) is 6.07 Å². The fraction of sp³-hybridized carbons (Fsp3) is 0.400. The number of nitrogens with two attached hydrogens (primary N) is 1. The first-order valence-electron chi connectivity index (χ1n) is 11.8. The summed E-state index contributed by atoms with van der Waals surface area (Å²) in [7, 11) is 0. The van der Waals surface area contributed by atoms with Crippen molar-refractivity contribution >= 4 is 39.4 Å². The van der Waals surface area contributed by atoms with Crippen molar-refractivity contribution in [3.05, 3.63) is 56.7 Å². The number of aliphatic carboxylic acids is 1. The van der Waals surface area contributed by atoms with Crippen molar-refractivity contribution < 1.29 is 14.7 Å². The highest BCUT2D eigenvalue weighted by Gasteiger charge is 2.28. The van der Waals surface area contributed by atoms with E-state index in [9.17, 15) is 24.8 Å². The third-order valence-corrected chi connectivity index (χ3v) is 7.29. The molecule has 0 spiro atoms. The molecule has 10 nitrogen and oxygen atoms in total. The maximum atomic E-state index is 13.7. The van der Waals surface area contributed by atoms with Crippen LogP contribution >= 0.6 is 11.3 Å². The van der Waals surface area contributed by atoms with Gasteiger partial charge < -0.3 is 21.1 Å². The van der Waals surface area contributed by atoms with Gasteiger partial charge in [0.05, 0.1) is 23.7 Å². The highest BCUT2D eigenvalue weighted by atomic mass is 32.1. The van der Waals surface area contributed by atoms with Crippen LogP contribution in [0.4, 0.5) is 5.95 Å². The monoisotopic (exact) mass is 508 g/mol. The zero-order valence-corrected chi connectivity index (χ0v) is 20.9. The van der Waals surface area contributed by atoms with Crippen molar-refractivity contribution in [2.45, 2.75) is 45.3 Å². The van der Waals surface area contributed by atoms with E-state index in [0.717, 1.165) is 24.2 Å². The molecule has 1 aliphatic heterocycles. The Hall–Kier alpha value is -3.75. The third kappa shape index (κ3) is 4.96. The molecule has 3 heterocycles. The molecule has 1 saturated heterocycles. The Morgan fingerprint density at radius 2 is 2.11 bits per heavy atom. The number of aromatic nitrogens is 2. The number of fused-ring (bicyclic) bond motifs is 1. The summed E-state index contributed by atoms with van der Waals surface area (Å²) in [5.74, 6) is -1.68. The van der Waals surface area contributed by atoms with Gasteiger partial charge in [0.2, 0.25) is 5.95 Å². The molecule has 36 heavy (non-hydrogen) atoms. The van der Waals surface area contributed by atoms with Crippen LogP contribution in [-0.2, 0) is 11.3 Å². The molecule has 1 fully saturated rings. The number of nitrogens with one attached hydrogen (secondary N) is 1. The van der Waals surface area contributed by atoms with Gasteiger partial charge in [-0.1, -0.05) is 32.0 Å². The van der Waals surface area contributed by atoms with Gasteiger partial charge in [-0.2, -0.15) is 5.26 Å². The van der Waals surface area contributed by atoms with E-state index in [-0.39, 0.29) is 39.8 Å². The molecular formula is C25H28N6O4S. The number of nitriles is 1. The van der Waals surface area contributed by atoms with Crippen LogP contribution in [0.3, 0.4) is 0 Å². The van der Waals surface area contributed by atoms with Gasteiger partial charge in [0.1, 0.15) is 16.3 Å². The van der Waals surface area contributed by atoms with Crippen molar-refractivity contribution in [2.24, 2.45) is 11.7 Å². The molecule has 1 amide bonds. The molecule has 1 aromatic carbocycles. The maximum absolute atomic E-state index is 13.7. The first-order valence-corrected chi connectivity index (χ1v) is 12.6. The van der Waals surface area contributed by atoms with E-state index in [1.807, 2.05) is 11.0 Å². The smallest absolute Gasteiger partial charge is 0.326 e. The molecule has 0 saturated carbocycles. The van der Waals surface area contributed by atoms with Crippen LogP contribution in [-0.4, -0.2) is 51.7 Å². The third-order valence-electron chi connectivity index (χ3n) is 6.33. The van der Waals surface area contributed by atoms with Gasteiger partial charge in [0.25, 0.3) is 11.5 Å². The molecule has 0 aliphatic carbocycles. The summed E-state index contributed by atoms with van der Waals surface area (Å²) in [4.78, 5) is 45.1. The molecule has 4 rings (SSSR count). The maximum Gasteiger partial charge on any atom is 0.326 e. The number of thiophene rings is 1. The fourth-order valence-corrected chi connectivity index (χ4v) is 5.33. The minimum absolute atomic E-state index is 0.0844. The number of carbonyl (C=O) groups excluding carboxylic acids is 1. The van der Waals surface area contributed by atoms with Crippen LogP contribution < -0.4 is 21.5 Å². The Kier molecular flexibility index (Phi) is 7.37. The predicted molar refractivity (Wildman–Crippen MR) is 137 cm³/mol. The van der Waals surface area contributed by atoms with Gasteiger partial charge in [0.15, 0.2) is 0 Å². The van der Waals surface area contributed by atoms with E-state index >= 15 is 0 Å². The van der Waals surface area contributed by atoms with Crippen LogP contribution in [0.15, 0.2) is 34.4 Å². The summed E-state index contributed by atoms with van der Waals surface area (Å²) in [5.41, 5.74) is 7.42. The SMILES string of the molecule is CC(C)C(NC(=O)c1csc2c(=O)n(Cc3ccccc3C#N)c(N3CCCC(N)C3)nc12)C(=O)O. The number of hydrogen-bond acceptors (Lipinski definition) is 8. The molecule has 2 atom stereocenters. The van der Waals surface area contributed by atoms with Crippen molar-refractivity contribution in [1.29, 1.82) is 5.26 Å². The standard InChI is InChI=1S/C25H28N6O4S/c1-14(2)19(24(34)35)28-22(32)18-13-36-21-20(18)29-25(30-9-5-8-17(27)12-30)31(23(21)33)11-16-7-4-3-6-15(16)10-26/h3-4,6-7,13-14,17,19H,5,8-9,11-12,27H2,1-2H3,(H,28,32)(H,34,35). The summed E-state index contributed by atoms with van der Waals surface area (Å²) < 4.78 is 1.82. The quantitative estimate of drug-likeness (QED) is 0.439. The van der Waals surface area contributed by atoms with Gasteiger partial charge in [-0.25, -0.2) is 9.78 Å². The number of nitrogens with zero attached hydrogens (tertiary/aromatic N) is 4. The molecule has 11 heteroatoms. The zero-order valence-electron chi connectivity index (χ0n) is 20.1. The number of benzene rings is 1. The molecule has 3 aromatic rings. The Bertz CT molecular complexity index is 1410. The Morgan fingerprint density at radius 1 is 1.36 bits per heavy atom. The Balaban J connectivity index is 1.84. The minimum atomic E-state index is -1.13. The lowest BCUT2D eigenvalue weighted by Gasteiger charge is -2.33. The first kappa shape index (κ1) is 25.3. The molecule has 188 valence electrons. The molecule has 0 radical (unpaired) electrons. The van der Waals surface area contributed by atoms with E-state index in [0.29, 0.717) is 30.2 Å². The lowest BCUT2D eigenvalue weighted by atomic mass is 10.0. The molecule has 2 aromatic heterocycles. The minimum Gasteiger partial charge on any atom is -0.480 e. The molecular weight excluding hydrogens is 480 g/mol. The van der Waals surface area contributed by atoms with E-state index in [4.69, 9.17) is 10.7 Å². The highest BCUT2D eigenvalue weighted by molar-refractivity contribution is 7.17. The number of carbonyl (C=O) groups is 2. The van der Waals surface area contributed by atoms with Gasteiger partial charge in [-0.15, -0.1) is 11.3 Å². The van der Waals surface area contributed by atoms with E-state index in [1.165, 1.54) is 9.95 Å². The van der Waals surface area contributed by atoms with E-state index in [1.54, 1.807) is 32.0 Å². The summed E-state index contributed by atoms with van der Waals surface area (Å²) in [6.45, 7) is 4.70. The number of rotatable bonds is 7. The second-order valence-electron chi connectivity index (χ2n) is 9.28. The van der Waals surface area contributed by atoms with Crippen LogP contribution in [0.1, 0.15) is 48.2 Å². The zero-order chi connectivity index (χ0) is 26.0. The van der Waals surface area contributed by atoms with E-state index < -0.39 is 17.9 Å². The second kappa shape index (κ2) is 10.5. The fourth-order valence-electron chi connectivity index (χ4n) is 4.40. The summed E-state index contributed by atoms with van der Waals surface area (Å²) in [6.07, 6.45) is 1.69. The highest BCUT2D eigenvalue weighted by Crippen LogP contribution is 2.27. The lowest BCUT2D eigenvalue weighted by molar-refractivity contribution is -0.140. The van der Waals surface area contributed by atoms with Crippen molar-refractivity contribution in [1.82, 2.24) is 14.9 Å². The molecule has 0 bridgehead atoms. The number of hydrogen-bond donors (Lipinski definition) is 3. The molecule has 4 N–H and O–H groups in total. The largest absolute Gasteiger partial charge is 0.480 e. The van der Waals surface area contributed by atoms with Crippen LogP contribution in [0.2, 0.25) is 0 Å². The van der Waals surface area contributed by atoms with E-state index in [2.05, 4.69) is 11.4 Å². The summed E-state index contributed by atoms with van der Waals surface area (Å²) >= 11 is 1.09. The van der Waals surface area contributed by atoms with Crippen LogP contribution in [0, 0.1) is 17.2 Å². The summed E-state index contributed by atoms with van der Waals surface area (Å²) in [5, 5.41) is 23.1. The van der Waals surface area contributed by atoms with Gasteiger partial charge in [-0.3, -0.25) is 14.2 Å². The molecule has 1 aliphatic rings. The Morgan fingerprint density at radius 3 is 2.78 bits per heavy atom. The normalized spacial score (nSPS) is 16.6. The molecule has 2 unspecified atom stereocenters. The van der Waals surface area contributed by atoms with Crippen LogP contribution in [0.25, 0.3) is 10.2 Å². The average molecular weight is 509 g/mol. The number of piperidine rings is 1. The second-order valence-corrected chi connectivity index (χ2v) is 10.2. The van der Waals surface area contributed by atoms with Crippen molar-refractivity contribution in [2.75, 3.05) is 18.0 Å². The van der Waals surface area contributed by atoms with Crippen molar-refractivity contribution in [3.63, 3.8) is 0 Å².